The summed E-state index contributed by atoms with van der Waals surface area (Å²) in [5.74, 6) is 0.106. The van der Waals surface area contributed by atoms with Crippen molar-refractivity contribution in [1.82, 2.24) is 9.55 Å². The summed E-state index contributed by atoms with van der Waals surface area (Å²) >= 11 is 0. The molecule has 2 unspecified atom stereocenters. The maximum Gasteiger partial charge on any atom is 0.351 e. The van der Waals surface area contributed by atoms with Gasteiger partial charge in [0.25, 0.3) is 0 Å². The van der Waals surface area contributed by atoms with E-state index in [1.807, 2.05) is 6.92 Å². The molecule has 1 aromatic heterocycles. The molecule has 4 atom stereocenters. The van der Waals surface area contributed by atoms with Crippen LogP contribution in [0.4, 0.5) is 5.82 Å². The average molecular weight is 285 g/mol. The monoisotopic (exact) mass is 285 g/mol. The lowest BCUT2D eigenvalue weighted by atomic mass is 10.1. The molecule has 0 amide bonds. The maximum absolute atomic E-state index is 11.8. The summed E-state index contributed by atoms with van der Waals surface area (Å²) in [5, 5.41) is 19.3. The molecule has 1 fully saturated rings. The van der Waals surface area contributed by atoms with E-state index in [0.29, 0.717) is 6.61 Å². The van der Waals surface area contributed by atoms with Gasteiger partial charge in [-0.2, -0.15) is 4.98 Å². The number of nitrogen functional groups attached to an aromatic ring is 1. The smallest absolute Gasteiger partial charge is 0.351 e. The molecule has 0 radical (unpaired) electrons. The predicted octanol–water partition coefficient (Wildman–Crippen LogP) is -1.13. The zero-order valence-electron chi connectivity index (χ0n) is 11.2. The zero-order valence-corrected chi connectivity index (χ0v) is 11.2. The number of hydrogen-bond acceptors (Lipinski definition) is 7. The van der Waals surface area contributed by atoms with Crippen LogP contribution in [0.15, 0.2) is 17.1 Å². The van der Waals surface area contributed by atoms with Gasteiger partial charge in [-0.1, -0.05) is 6.92 Å². The molecule has 2 heterocycles. The van der Waals surface area contributed by atoms with E-state index in [1.165, 1.54) is 16.8 Å². The van der Waals surface area contributed by atoms with E-state index < -0.39 is 30.2 Å². The molecular formula is C12H19N3O5. The number of hydrogen-bond donors (Lipinski definition) is 3. The van der Waals surface area contributed by atoms with Crippen LogP contribution < -0.4 is 11.4 Å². The van der Waals surface area contributed by atoms with E-state index in [-0.39, 0.29) is 12.4 Å². The molecular weight excluding hydrogens is 266 g/mol. The van der Waals surface area contributed by atoms with Gasteiger partial charge in [-0.15, -0.1) is 0 Å². The number of nitrogens with zero attached hydrogens (tertiary/aromatic N) is 2. The number of rotatable bonds is 5. The number of aromatic nitrogens is 2. The third kappa shape index (κ3) is 2.83. The molecule has 2 rings (SSSR count). The summed E-state index contributed by atoms with van der Waals surface area (Å²) in [6.45, 7) is 1.98. The third-order valence-corrected chi connectivity index (χ3v) is 3.13. The van der Waals surface area contributed by atoms with E-state index in [2.05, 4.69) is 4.98 Å². The summed E-state index contributed by atoms with van der Waals surface area (Å²) in [6, 6.07) is 1.46. The van der Waals surface area contributed by atoms with E-state index in [0.717, 1.165) is 6.42 Å². The molecule has 1 aromatic rings. The molecule has 0 spiro atoms. The molecule has 8 heteroatoms. The minimum absolute atomic E-state index is 0.106. The van der Waals surface area contributed by atoms with Gasteiger partial charge in [0.15, 0.2) is 6.23 Å². The lowest BCUT2D eigenvalue weighted by Crippen LogP contribution is -2.38. The Morgan fingerprint density at radius 1 is 1.60 bits per heavy atom. The molecule has 112 valence electrons. The van der Waals surface area contributed by atoms with Gasteiger partial charge in [-0.25, -0.2) is 4.79 Å². The van der Waals surface area contributed by atoms with Gasteiger partial charge in [-0.3, -0.25) is 4.57 Å². The first-order valence-corrected chi connectivity index (χ1v) is 6.49. The van der Waals surface area contributed by atoms with Crippen molar-refractivity contribution in [3.63, 3.8) is 0 Å². The minimum Gasteiger partial charge on any atom is -0.394 e. The Kier molecular flexibility index (Phi) is 4.71. The van der Waals surface area contributed by atoms with Gasteiger partial charge in [0.2, 0.25) is 0 Å². The van der Waals surface area contributed by atoms with Gasteiger partial charge in [0, 0.05) is 12.8 Å². The molecule has 0 aliphatic carbocycles. The highest BCUT2D eigenvalue weighted by molar-refractivity contribution is 5.23. The van der Waals surface area contributed by atoms with Gasteiger partial charge in [0.05, 0.1) is 6.61 Å². The Bertz CT molecular complexity index is 506. The van der Waals surface area contributed by atoms with Crippen molar-refractivity contribution in [2.45, 2.75) is 37.9 Å². The molecule has 0 saturated carbocycles. The Morgan fingerprint density at radius 3 is 2.95 bits per heavy atom. The lowest BCUT2D eigenvalue weighted by Gasteiger charge is -2.21. The van der Waals surface area contributed by atoms with Crippen LogP contribution >= 0.6 is 0 Å². The van der Waals surface area contributed by atoms with Crippen LogP contribution in [-0.4, -0.2) is 51.3 Å². The summed E-state index contributed by atoms with van der Waals surface area (Å²) in [4.78, 5) is 15.5. The lowest BCUT2D eigenvalue weighted by molar-refractivity contribution is -0.0741. The largest absolute Gasteiger partial charge is 0.394 e. The fraction of sp³-hybridized carbons (Fsp3) is 0.667. The molecule has 0 aromatic carbocycles. The molecule has 1 aliphatic rings. The summed E-state index contributed by atoms with van der Waals surface area (Å²) in [6.07, 6.45) is -1.20. The number of aliphatic hydroxyl groups is 2. The van der Waals surface area contributed by atoms with Crippen molar-refractivity contribution in [1.29, 1.82) is 0 Å². The Balaban J connectivity index is 2.29. The zero-order chi connectivity index (χ0) is 14.7. The summed E-state index contributed by atoms with van der Waals surface area (Å²) < 4.78 is 12.2. The van der Waals surface area contributed by atoms with Gasteiger partial charge in [-0.05, 0) is 12.5 Å². The van der Waals surface area contributed by atoms with Gasteiger partial charge >= 0.3 is 5.69 Å². The second-order valence-corrected chi connectivity index (χ2v) is 4.62. The number of anilines is 1. The van der Waals surface area contributed by atoms with Gasteiger partial charge in [0.1, 0.15) is 24.1 Å². The van der Waals surface area contributed by atoms with Crippen molar-refractivity contribution in [2.24, 2.45) is 0 Å². The number of aliphatic hydroxyl groups excluding tert-OH is 2. The Hall–Kier alpha value is -1.48. The van der Waals surface area contributed by atoms with Crippen molar-refractivity contribution < 1.29 is 19.7 Å². The molecule has 1 saturated heterocycles. The van der Waals surface area contributed by atoms with Crippen molar-refractivity contribution in [3.8, 4) is 0 Å². The van der Waals surface area contributed by atoms with Crippen LogP contribution in [0.1, 0.15) is 19.6 Å². The van der Waals surface area contributed by atoms with Crippen LogP contribution in [-0.2, 0) is 9.47 Å². The van der Waals surface area contributed by atoms with Crippen LogP contribution in [0.3, 0.4) is 0 Å². The Labute approximate surface area is 115 Å². The molecule has 0 bridgehead atoms. The van der Waals surface area contributed by atoms with Crippen LogP contribution in [0, 0.1) is 0 Å². The minimum atomic E-state index is -1.01. The third-order valence-electron chi connectivity index (χ3n) is 3.13. The number of ether oxygens (including phenoxy) is 2. The van der Waals surface area contributed by atoms with Crippen LogP contribution in [0.25, 0.3) is 0 Å². The molecule has 1 aliphatic heterocycles. The van der Waals surface area contributed by atoms with Crippen molar-refractivity contribution in [3.05, 3.63) is 22.7 Å². The standard InChI is InChI=1S/C12H19N3O5/c1-2-5-19-10-9(17)7(6-16)20-11(10)15-4-3-8(13)14-12(15)18/h3-4,7,9-11,16-17H,2,5-6H2,1H3,(H2,13,14,18)/t7-,9?,10?,11-/m1/s1. The van der Waals surface area contributed by atoms with Crippen molar-refractivity contribution >= 4 is 5.82 Å². The summed E-state index contributed by atoms with van der Waals surface area (Å²) in [7, 11) is 0. The van der Waals surface area contributed by atoms with Gasteiger partial charge < -0.3 is 25.4 Å². The van der Waals surface area contributed by atoms with E-state index in [4.69, 9.17) is 15.2 Å². The average Bonchev–Trinajstić information content (AvgIpc) is 2.73. The van der Waals surface area contributed by atoms with Crippen LogP contribution in [0.2, 0.25) is 0 Å². The first kappa shape index (κ1) is 14.9. The Morgan fingerprint density at radius 2 is 2.35 bits per heavy atom. The first-order chi connectivity index (χ1) is 9.58. The second kappa shape index (κ2) is 6.31. The topological polar surface area (TPSA) is 120 Å². The van der Waals surface area contributed by atoms with E-state index in [9.17, 15) is 15.0 Å². The molecule has 8 nitrogen and oxygen atoms in total. The normalized spacial score (nSPS) is 29.8. The summed E-state index contributed by atoms with van der Waals surface area (Å²) in [5.41, 5.74) is 4.84. The number of nitrogens with two attached hydrogens (primary N) is 1. The van der Waals surface area contributed by atoms with Crippen LogP contribution in [0.5, 0.6) is 0 Å². The highest BCUT2D eigenvalue weighted by Crippen LogP contribution is 2.30. The highest BCUT2D eigenvalue weighted by atomic mass is 16.6. The SMILES string of the molecule is CCCOC1C(O)[C@@H](CO)O[C@H]1n1ccc(N)nc1=O. The van der Waals surface area contributed by atoms with E-state index in [1.54, 1.807) is 0 Å². The molecule has 20 heavy (non-hydrogen) atoms. The first-order valence-electron chi connectivity index (χ1n) is 6.49. The fourth-order valence-corrected chi connectivity index (χ4v) is 2.15. The fourth-order valence-electron chi connectivity index (χ4n) is 2.15. The predicted molar refractivity (Wildman–Crippen MR) is 69.9 cm³/mol. The maximum atomic E-state index is 11.8. The van der Waals surface area contributed by atoms with E-state index >= 15 is 0 Å². The van der Waals surface area contributed by atoms with Crippen molar-refractivity contribution in [2.75, 3.05) is 18.9 Å². The highest BCUT2D eigenvalue weighted by Gasteiger charge is 2.45. The molecule has 4 N–H and O–H groups in total. The quantitative estimate of drug-likeness (QED) is 0.626. The second-order valence-electron chi connectivity index (χ2n) is 4.62.